The summed E-state index contributed by atoms with van der Waals surface area (Å²) >= 11 is 1.31. The molecule has 0 aliphatic rings. The number of aliphatic hydroxyl groups excluding tert-OH is 1. The van der Waals surface area contributed by atoms with Crippen molar-refractivity contribution in [1.82, 2.24) is 0 Å². The van der Waals surface area contributed by atoms with Crippen LogP contribution in [0.25, 0.3) is 0 Å². The Bertz CT molecular complexity index is 320. The van der Waals surface area contributed by atoms with Crippen molar-refractivity contribution >= 4 is 17.4 Å². The molecule has 0 atom stereocenters. The summed E-state index contributed by atoms with van der Waals surface area (Å²) in [5.41, 5.74) is 5.75. The molecule has 0 unspecified atom stereocenters. The predicted octanol–water partition coefficient (Wildman–Crippen LogP) is 2.68. The zero-order valence-electron chi connectivity index (χ0n) is 8.12. The Morgan fingerprint density at radius 2 is 2.13 bits per heavy atom. The fraction of sp³-hybridized carbons (Fsp3) is 0.400. The maximum absolute atomic E-state index is 12.6. The number of anilines is 1. The number of alkyl halides is 2. The van der Waals surface area contributed by atoms with Gasteiger partial charge in [-0.15, -0.1) is 11.8 Å². The van der Waals surface area contributed by atoms with Crippen LogP contribution in [-0.4, -0.2) is 17.5 Å². The van der Waals surface area contributed by atoms with Crippen molar-refractivity contribution in [3.63, 3.8) is 0 Å². The van der Waals surface area contributed by atoms with E-state index in [1.807, 2.05) is 0 Å². The van der Waals surface area contributed by atoms with Gasteiger partial charge in [0.25, 0.3) is 6.43 Å². The predicted molar refractivity (Wildman–Crippen MR) is 58.2 cm³/mol. The Hall–Kier alpha value is -0.810. The normalized spacial score (nSPS) is 10.9. The Labute approximate surface area is 91.5 Å². The van der Waals surface area contributed by atoms with Crippen LogP contribution in [0.5, 0.6) is 0 Å². The summed E-state index contributed by atoms with van der Waals surface area (Å²) in [5.74, 6) is 0.625. The van der Waals surface area contributed by atoms with Crippen molar-refractivity contribution in [3.8, 4) is 0 Å². The molecule has 3 N–H and O–H groups in total. The molecule has 0 saturated heterocycles. The topological polar surface area (TPSA) is 46.2 Å². The maximum atomic E-state index is 12.6. The fourth-order valence-corrected chi connectivity index (χ4v) is 2.09. The fourth-order valence-electron chi connectivity index (χ4n) is 1.12. The molecule has 1 rings (SSSR count). The van der Waals surface area contributed by atoms with E-state index in [9.17, 15) is 8.78 Å². The lowest BCUT2D eigenvalue weighted by Crippen LogP contribution is -1.94. The zero-order valence-corrected chi connectivity index (χ0v) is 8.94. The van der Waals surface area contributed by atoms with E-state index in [1.165, 1.54) is 17.8 Å². The van der Waals surface area contributed by atoms with Gasteiger partial charge in [-0.05, 0) is 24.6 Å². The van der Waals surface area contributed by atoms with Gasteiger partial charge in [0.15, 0.2) is 0 Å². The first-order chi connectivity index (χ1) is 7.15. The molecule has 5 heteroatoms. The van der Waals surface area contributed by atoms with Crippen LogP contribution in [0.4, 0.5) is 14.5 Å². The van der Waals surface area contributed by atoms with Gasteiger partial charge in [0.2, 0.25) is 0 Å². The van der Waals surface area contributed by atoms with Crippen LogP contribution in [0.2, 0.25) is 0 Å². The van der Waals surface area contributed by atoms with Gasteiger partial charge in [-0.2, -0.15) is 0 Å². The third kappa shape index (κ3) is 3.68. The second kappa shape index (κ2) is 5.92. The minimum absolute atomic E-state index is 0.0297. The van der Waals surface area contributed by atoms with Crippen LogP contribution >= 0.6 is 11.8 Å². The molecule has 0 radical (unpaired) electrons. The summed E-state index contributed by atoms with van der Waals surface area (Å²) in [4.78, 5) is 0.535. The van der Waals surface area contributed by atoms with Crippen LogP contribution in [0.15, 0.2) is 23.1 Å². The third-order valence-corrected chi connectivity index (χ3v) is 3.00. The first-order valence-electron chi connectivity index (χ1n) is 4.56. The maximum Gasteiger partial charge on any atom is 0.265 e. The number of benzene rings is 1. The molecule has 0 aliphatic heterocycles. The lowest BCUT2D eigenvalue weighted by molar-refractivity contribution is 0.148. The van der Waals surface area contributed by atoms with Crippen molar-refractivity contribution < 1.29 is 13.9 Å². The van der Waals surface area contributed by atoms with E-state index in [-0.39, 0.29) is 12.2 Å². The third-order valence-electron chi connectivity index (χ3n) is 1.83. The molecule has 0 heterocycles. The van der Waals surface area contributed by atoms with E-state index in [1.54, 1.807) is 12.1 Å². The lowest BCUT2D eigenvalue weighted by Gasteiger charge is -2.08. The highest BCUT2D eigenvalue weighted by molar-refractivity contribution is 7.99. The number of halogens is 2. The van der Waals surface area contributed by atoms with Crippen molar-refractivity contribution in [1.29, 1.82) is 0 Å². The number of thioether (sulfide) groups is 1. The van der Waals surface area contributed by atoms with Crippen LogP contribution in [0, 0.1) is 0 Å². The molecule has 84 valence electrons. The van der Waals surface area contributed by atoms with Crippen LogP contribution in [-0.2, 0) is 0 Å². The largest absolute Gasteiger partial charge is 0.399 e. The van der Waals surface area contributed by atoms with E-state index in [0.29, 0.717) is 22.8 Å². The average molecular weight is 233 g/mol. The second-order valence-electron chi connectivity index (χ2n) is 3.02. The molecule has 1 aromatic carbocycles. The van der Waals surface area contributed by atoms with Crippen molar-refractivity contribution in [2.75, 3.05) is 18.1 Å². The Kier molecular flexibility index (Phi) is 4.84. The van der Waals surface area contributed by atoms with E-state index in [0.717, 1.165) is 0 Å². The van der Waals surface area contributed by atoms with E-state index < -0.39 is 6.43 Å². The number of hydrogen-bond donors (Lipinski definition) is 2. The summed E-state index contributed by atoms with van der Waals surface area (Å²) in [6.45, 7) is 0.0754. The van der Waals surface area contributed by atoms with Gasteiger partial charge in [-0.3, -0.25) is 0 Å². The van der Waals surface area contributed by atoms with Gasteiger partial charge in [0.1, 0.15) is 0 Å². The Morgan fingerprint density at radius 3 is 2.73 bits per heavy atom. The molecule has 0 bridgehead atoms. The molecular weight excluding hydrogens is 220 g/mol. The van der Waals surface area contributed by atoms with Crippen LogP contribution in [0.1, 0.15) is 18.4 Å². The highest BCUT2D eigenvalue weighted by Crippen LogP contribution is 2.32. The zero-order chi connectivity index (χ0) is 11.3. The molecule has 0 saturated carbocycles. The minimum atomic E-state index is -2.51. The molecule has 15 heavy (non-hydrogen) atoms. The SMILES string of the molecule is Nc1ccc(SCCCO)c(C(F)F)c1. The average Bonchev–Trinajstić information content (AvgIpc) is 2.20. The van der Waals surface area contributed by atoms with Crippen molar-refractivity contribution in [3.05, 3.63) is 23.8 Å². The molecule has 0 spiro atoms. The monoisotopic (exact) mass is 233 g/mol. The van der Waals surface area contributed by atoms with Crippen LogP contribution in [0.3, 0.4) is 0 Å². The Balaban J connectivity index is 2.77. The highest BCUT2D eigenvalue weighted by Gasteiger charge is 2.13. The summed E-state index contributed by atoms with van der Waals surface area (Å²) in [5, 5.41) is 8.59. The van der Waals surface area contributed by atoms with Crippen molar-refractivity contribution in [2.24, 2.45) is 0 Å². The molecule has 0 aliphatic carbocycles. The Morgan fingerprint density at radius 1 is 1.40 bits per heavy atom. The number of nitrogens with two attached hydrogens (primary N) is 1. The van der Waals surface area contributed by atoms with Gasteiger partial charge in [0, 0.05) is 28.5 Å². The summed E-state index contributed by atoms with van der Waals surface area (Å²) in [6, 6.07) is 4.50. The van der Waals surface area contributed by atoms with E-state index >= 15 is 0 Å². The second-order valence-corrected chi connectivity index (χ2v) is 4.16. The van der Waals surface area contributed by atoms with Gasteiger partial charge < -0.3 is 10.8 Å². The first kappa shape index (κ1) is 12.3. The molecule has 1 aromatic rings. The minimum Gasteiger partial charge on any atom is -0.399 e. The molecular formula is C10H13F2NOS. The number of hydrogen-bond acceptors (Lipinski definition) is 3. The standard InChI is InChI=1S/C10H13F2NOS/c11-10(12)8-6-7(13)2-3-9(8)15-5-1-4-14/h2-3,6,10,14H,1,4-5,13H2. The molecule has 0 fully saturated rings. The summed E-state index contributed by atoms with van der Waals surface area (Å²) < 4.78 is 25.2. The quantitative estimate of drug-likeness (QED) is 0.467. The smallest absolute Gasteiger partial charge is 0.265 e. The van der Waals surface area contributed by atoms with E-state index in [2.05, 4.69) is 0 Å². The van der Waals surface area contributed by atoms with Gasteiger partial charge in [0.05, 0.1) is 0 Å². The van der Waals surface area contributed by atoms with Crippen molar-refractivity contribution in [2.45, 2.75) is 17.7 Å². The van der Waals surface area contributed by atoms with Gasteiger partial charge in [-0.25, -0.2) is 8.78 Å². The summed E-state index contributed by atoms with van der Waals surface area (Å²) in [6.07, 6.45) is -1.91. The van der Waals surface area contributed by atoms with Gasteiger partial charge in [-0.1, -0.05) is 0 Å². The lowest BCUT2D eigenvalue weighted by atomic mass is 10.2. The van der Waals surface area contributed by atoms with E-state index in [4.69, 9.17) is 10.8 Å². The number of rotatable bonds is 5. The highest BCUT2D eigenvalue weighted by atomic mass is 32.2. The molecule has 0 amide bonds. The summed E-state index contributed by atoms with van der Waals surface area (Å²) in [7, 11) is 0. The molecule has 0 aromatic heterocycles. The first-order valence-corrected chi connectivity index (χ1v) is 5.55. The van der Waals surface area contributed by atoms with Gasteiger partial charge >= 0.3 is 0 Å². The van der Waals surface area contributed by atoms with Crippen LogP contribution < -0.4 is 5.73 Å². The molecule has 2 nitrogen and oxygen atoms in total. The number of nitrogen functional groups attached to an aromatic ring is 1. The number of aliphatic hydroxyl groups is 1.